The molecule has 3 rings (SSSR count). The largest absolute Gasteiger partial charge is 0.493 e. The van der Waals surface area contributed by atoms with Gasteiger partial charge >= 0.3 is 5.97 Å². The van der Waals surface area contributed by atoms with E-state index in [0.29, 0.717) is 11.5 Å². The molecule has 2 aromatic rings. The van der Waals surface area contributed by atoms with Gasteiger partial charge < -0.3 is 19.1 Å². The van der Waals surface area contributed by atoms with Gasteiger partial charge in [0.2, 0.25) is 0 Å². The molecule has 0 spiro atoms. The van der Waals surface area contributed by atoms with E-state index in [1.54, 1.807) is 14.2 Å². The van der Waals surface area contributed by atoms with E-state index in [1.165, 1.54) is 7.11 Å². The average Bonchev–Trinajstić information content (AvgIpc) is 3.36. The van der Waals surface area contributed by atoms with E-state index < -0.39 is 0 Å². The molecule has 120 valence electrons. The second-order valence-corrected chi connectivity index (χ2v) is 5.27. The van der Waals surface area contributed by atoms with Gasteiger partial charge in [0.15, 0.2) is 17.5 Å². The monoisotopic (exact) mass is 313 g/mol. The first-order valence-corrected chi connectivity index (χ1v) is 7.34. The van der Waals surface area contributed by atoms with Gasteiger partial charge in [-0.25, -0.2) is 4.79 Å². The van der Waals surface area contributed by atoms with E-state index in [9.17, 15) is 4.79 Å². The van der Waals surface area contributed by atoms with Gasteiger partial charge in [-0.1, -0.05) is 24.3 Å². The van der Waals surface area contributed by atoms with Crippen molar-refractivity contribution in [3.05, 3.63) is 54.1 Å². The lowest BCUT2D eigenvalue weighted by Crippen LogP contribution is -2.13. The molecule has 1 saturated heterocycles. The van der Waals surface area contributed by atoms with Crippen LogP contribution in [-0.2, 0) is 9.53 Å². The Morgan fingerprint density at radius 2 is 1.65 bits per heavy atom. The molecule has 0 aliphatic carbocycles. The van der Waals surface area contributed by atoms with Crippen LogP contribution in [0.4, 0.5) is 5.69 Å². The Kier molecular flexibility index (Phi) is 4.10. The summed E-state index contributed by atoms with van der Waals surface area (Å²) in [4.78, 5) is 14.1. The van der Waals surface area contributed by atoms with Crippen molar-refractivity contribution in [1.82, 2.24) is 0 Å². The van der Waals surface area contributed by atoms with Gasteiger partial charge in [0, 0.05) is 5.69 Å². The van der Waals surface area contributed by atoms with Crippen molar-refractivity contribution < 1.29 is 19.0 Å². The molecule has 1 heterocycles. The minimum absolute atomic E-state index is 0.0651. The first kappa shape index (κ1) is 15.2. The van der Waals surface area contributed by atoms with Gasteiger partial charge in [-0.3, -0.25) is 0 Å². The summed E-state index contributed by atoms with van der Waals surface area (Å²) in [5.41, 5.74) is 1.98. The number of carbonyl (C=O) groups is 1. The van der Waals surface area contributed by atoms with E-state index in [1.807, 2.05) is 53.4 Å². The Labute approximate surface area is 135 Å². The highest BCUT2D eigenvalue weighted by atomic mass is 16.5. The number of methoxy groups -OCH3 is 3. The molecule has 0 bridgehead atoms. The van der Waals surface area contributed by atoms with Gasteiger partial charge in [-0.15, -0.1) is 0 Å². The van der Waals surface area contributed by atoms with Crippen molar-refractivity contribution in [2.24, 2.45) is 0 Å². The molecule has 0 amide bonds. The highest BCUT2D eigenvalue weighted by Crippen LogP contribution is 2.48. The number of para-hydroxylation sites is 1. The Balaban J connectivity index is 1.95. The highest BCUT2D eigenvalue weighted by Gasteiger charge is 2.54. The number of benzene rings is 2. The van der Waals surface area contributed by atoms with Crippen molar-refractivity contribution in [2.45, 2.75) is 12.1 Å². The van der Waals surface area contributed by atoms with E-state index in [2.05, 4.69) is 0 Å². The molecule has 2 atom stereocenters. The molecule has 1 aliphatic heterocycles. The zero-order chi connectivity index (χ0) is 16.4. The molecule has 0 unspecified atom stereocenters. The molecule has 1 aliphatic rings. The Morgan fingerprint density at radius 1 is 0.957 bits per heavy atom. The number of ether oxygens (including phenoxy) is 3. The fourth-order valence-corrected chi connectivity index (χ4v) is 2.90. The van der Waals surface area contributed by atoms with Crippen molar-refractivity contribution in [3.63, 3.8) is 0 Å². The van der Waals surface area contributed by atoms with Crippen LogP contribution in [0, 0.1) is 0 Å². The smallest absolute Gasteiger partial charge is 0.331 e. The number of nitrogens with zero attached hydrogens (tertiary/aromatic N) is 1. The highest BCUT2D eigenvalue weighted by molar-refractivity contribution is 5.88. The van der Waals surface area contributed by atoms with Crippen LogP contribution < -0.4 is 14.4 Å². The molecule has 2 aromatic carbocycles. The summed E-state index contributed by atoms with van der Waals surface area (Å²) in [5.74, 6) is 1.07. The van der Waals surface area contributed by atoms with Crippen LogP contribution in [0.3, 0.4) is 0 Å². The summed E-state index contributed by atoms with van der Waals surface area (Å²) in [6.07, 6.45) is 0. The molecular weight excluding hydrogens is 294 g/mol. The number of rotatable bonds is 5. The summed E-state index contributed by atoms with van der Waals surface area (Å²) in [6, 6.07) is 15.1. The second-order valence-electron chi connectivity index (χ2n) is 5.27. The average molecular weight is 313 g/mol. The van der Waals surface area contributed by atoms with Gasteiger partial charge in [0.1, 0.15) is 0 Å². The summed E-state index contributed by atoms with van der Waals surface area (Å²) in [7, 11) is 4.61. The molecule has 0 aromatic heterocycles. The summed E-state index contributed by atoms with van der Waals surface area (Å²) in [6.45, 7) is 0. The van der Waals surface area contributed by atoms with Crippen molar-refractivity contribution in [2.75, 3.05) is 26.2 Å². The predicted octanol–water partition coefficient (Wildman–Crippen LogP) is 2.81. The van der Waals surface area contributed by atoms with Crippen LogP contribution >= 0.6 is 0 Å². The topological polar surface area (TPSA) is 47.8 Å². The summed E-state index contributed by atoms with van der Waals surface area (Å²) >= 11 is 0. The van der Waals surface area contributed by atoms with Crippen molar-refractivity contribution in [1.29, 1.82) is 0 Å². The minimum Gasteiger partial charge on any atom is -0.493 e. The maximum absolute atomic E-state index is 12.1. The Morgan fingerprint density at radius 3 is 2.26 bits per heavy atom. The molecule has 23 heavy (non-hydrogen) atoms. The summed E-state index contributed by atoms with van der Waals surface area (Å²) < 4.78 is 15.6. The second kappa shape index (κ2) is 6.20. The van der Waals surface area contributed by atoms with Crippen LogP contribution in [0.5, 0.6) is 11.5 Å². The Hall–Kier alpha value is -2.69. The number of carbonyl (C=O) groups excluding carboxylic acids is 1. The molecule has 5 nitrogen and oxygen atoms in total. The van der Waals surface area contributed by atoms with E-state index in [4.69, 9.17) is 14.2 Å². The van der Waals surface area contributed by atoms with Gasteiger partial charge in [-0.2, -0.15) is 0 Å². The van der Waals surface area contributed by atoms with Crippen LogP contribution in [0.25, 0.3) is 0 Å². The van der Waals surface area contributed by atoms with Gasteiger partial charge in [0.25, 0.3) is 0 Å². The summed E-state index contributed by atoms with van der Waals surface area (Å²) in [5, 5.41) is 0. The fraction of sp³-hybridized carbons (Fsp3) is 0.278. The molecular formula is C18H19NO4. The lowest BCUT2D eigenvalue weighted by Gasteiger charge is -2.10. The molecule has 0 saturated carbocycles. The van der Waals surface area contributed by atoms with Gasteiger partial charge in [-0.05, 0) is 29.8 Å². The lowest BCUT2D eigenvalue weighted by molar-refractivity contribution is -0.139. The number of hydrogen-bond acceptors (Lipinski definition) is 5. The van der Waals surface area contributed by atoms with Crippen LogP contribution in [0.15, 0.2) is 48.5 Å². The third-order valence-electron chi connectivity index (χ3n) is 4.05. The number of hydrogen-bond donors (Lipinski definition) is 0. The fourth-order valence-electron chi connectivity index (χ4n) is 2.90. The quantitative estimate of drug-likeness (QED) is 0.627. The van der Waals surface area contributed by atoms with Crippen molar-refractivity contribution >= 4 is 11.7 Å². The maximum atomic E-state index is 12.1. The first-order chi connectivity index (χ1) is 11.2. The van der Waals surface area contributed by atoms with E-state index >= 15 is 0 Å². The minimum atomic E-state index is -0.319. The molecule has 0 radical (unpaired) electrons. The zero-order valence-corrected chi connectivity index (χ0v) is 13.4. The molecule has 5 heteroatoms. The van der Waals surface area contributed by atoms with Crippen molar-refractivity contribution in [3.8, 4) is 11.5 Å². The van der Waals surface area contributed by atoms with Gasteiger partial charge in [0.05, 0.1) is 27.4 Å². The lowest BCUT2D eigenvalue weighted by atomic mass is 10.1. The molecule has 1 fully saturated rings. The van der Waals surface area contributed by atoms with E-state index in [0.717, 1.165) is 11.3 Å². The SMILES string of the molecule is COC(=O)[C@H]1[C@H](c2ccc(OC)c(OC)c2)N1c1ccccc1. The number of esters is 1. The number of anilines is 1. The first-order valence-electron chi connectivity index (χ1n) is 7.34. The van der Waals surface area contributed by atoms with Crippen LogP contribution in [0.2, 0.25) is 0 Å². The maximum Gasteiger partial charge on any atom is 0.331 e. The Bertz CT molecular complexity index is 701. The van der Waals surface area contributed by atoms with Crippen LogP contribution in [-0.4, -0.2) is 33.3 Å². The zero-order valence-electron chi connectivity index (χ0n) is 13.4. The predicted molar refractivity (Wildman–Crippen MR) is 87.0 cm³/mol. The molecule has 0 N–H and O–H groups in total. The van der Waals surface area contributed by atoms with E-state index in [-0.39, 0.29) is 18.1 Å². The third kappa shape index (κ3) is 2.70. The van der Waals surface area contributed by atoms with Crippen LogP contribution in [0.1, 0.15) is 11.6 Å². The third-order valence-corrected chi connectivity index (χ3v) is 4.05. The standard InChI is InChI=1S/C18H19NO4/c1-21-14-10-9-12(11-15(14)22-2)16-17(18(20)23-3)19(16)13-7-5-4-6-8-13/h4-11,16-17H,1-3H3/t16-,17+,19?/m0/s1. The normalized spacial score (nSPS) is 19.2.